The average molecular weight is 321 g/mol. The molecule has 0 heterocycles. The van der Waals surface area contributed by atoms with E-state index in [-0.39, 0.29) is 25.4 Å². The maximum Gasteiger partial charge on any atom is 0.328 e. The lowest BCUT2D eigenvalue weighted by molar-refractivity contribution is -0.148. The van der Waals surface area contributed by atoms with Crippen LogP contribution in [-0.4, -0.2) is 36.9 Å². The summed E-state index contributed by atoms with van der Waals surface area (Å²) in [5.41, 5.74) is 6.55. The first-order chi connectivity index (χ1) is 10.9. The molecule has 2 unspecified atom stereocenters. The van der Waals surface area contributed by atoms with Gasteiger partial charge in [-0.25, -0.2) is 4.79 Å². The van der Waals surface area contributed by atoms with Crippen molar-refractivity contribution in [2.75, 3.05) is 7.05 Å². The number of carbonyl (C=O) groups is 3. The highest BCUT2D eigenvalue weighted by molar-refractivity contribution is 5.87. The van der Waals surface area contributed by atoms with Gasteiger partial charge < -0.3 is 21.1 Å². The average Bonchev–Trinajstić information content (AvgIpc) is 2.57. The van der Waals surface area contributed by atoms with Crippen molar-refractivity contribution in [1.29, 1.82) is 0 Å². The monoisotopic (exact) mass is 321 g/mol. The van der Waals surface area contributed by atoms with Crippen LogP contribution in [0.4, 0.5) is 0 Å². The lowest BCUT2D eigenvalue weighted by atomic mass is 10.1. The van der Waals surface area contributed by atoms with Crippen LogP contribution < -0.4 is 16.4 Å². The highest BCUT2D eigenvalue weighted by Gasteiger charge is 2.21. The molecular weight excluding hydrogens is 298 g/mol. The van der Waals surface area contributed by atoms with Gasteiger partial charge in [-0.3, -0.25) is 9.59 Å². The maximum absolute atomic E-state index is 11.9. The van der Waals surface area contributed by atoms with Gasteiger partial charge in [-0.05, 0) is 18.9 Å². The molecule has 0 aliphatic heterocycles. The van der Waals surface area contributed by atoms with E-state index in [1.807, 2.05) is 30.3 Å². The minimum Gasteiger partial charge on any atom is -0.459 e. The molecule has 1 rings (SSSR count). The second-order valence-corrected chi connectivity index (χ2v) is 5.14. The molecule has 126 valence electrons. The van der Waals surface area contributed by atoms with Gasteiger partial charge in [-0.15, -0.1) is 0 Å². The van der Waals surface area contributed by atoms with E-state index in [1.165, 1.54) is 14.0 Å². The van der Waals surface area contributed by atoms with Crippen LogP contribution in [0.2, 0.25) is 0 Å². The van der Waals surface area contributed by atoms with Gasteiger partial charge in [-0.1, -0.05) is 30.3 Å². The summed E-state index contributed by atoms with van der Waals surface area (Å²) in [7, 11) is 1.51. The molecule has 0 aliphatic carbocycles. The Morgan fingerprint density at radius 1 is 1.22 bits per heavy atom. The molecule has 0 aromatic heterocycles. The van der Waals surface area contributed by atoms with Crippen LogP contribution in [0.3, 0.4) is 0 Å². The number of ether oxygens (including phenoxy) is 1. The molecular formula is C16H23N3O4. The van der Waals surface area contributed by atoms with Crippen LogP contribution in [-0.2, 0) is 25.7 Å². The zero-order valence-corrected chi connectivity index (χ0v) is 13.4. The van der Waals surface area contributed by atoms with Crippen molar-refractivity contribution in [2.24, 2.45) is 5.73 Å². The van der Waals surface area contributed by atoms with Crippen LogP contribution >= 0.6 is 0 Å². The van der Waals surface area contributed by atoms with Gasteiger partial charge in [0, 0.05) is 13.5 Å². The molecule has 0 radical (unpaired) electrons. The third kappa shape index (κ3) is 6.92. The fourth-order valence-corrected chi connectivity index (χ4v) is 1.78. The molecule has 0 aliphatic rings. The molecule has 2 atom stereocenters. The van der Waals surface area contributed by atoms with Gasteiger partial charge in [0.2, 0.25) is 11.8 Å². The molecule has 0 saturated heterocycles. The lowest BCUT2D eigenvalue weighted by Gasteiger charge is -2.16. The van der Waals surface area contributed by atoms with Crippen LogP contribution in [0.1, 0.15) is 25.3 Å². The molecule has 7 heteroatoms. The summed E-state index contributed by atoms with van der Waals surface area (Å²) in [4.78, 5) is 34.8. The largest absolute Gasteiger partial charge is 0.459 e. The van der Waals surface area contributed by atoms with Crippen molar-refractivity contribution in [3.8, 4) is 0 Å². The summed E-state index contributed by atoms with van der Waals surface area (Å²) in [6, 6.07) is 7.58. The molecule has 0 saturated carbocycles. The van der Waals surface area contributed by atoms with Gasteiger partial charge in [0.1, 0.15) is 12.6 Å². The first-order valence-electron chi connectivity index (χ1n) is 7.41. The predicted octanol–water partition coefficient (Wildman–Crippen LogP) is 0.0880. The number of benzene rings is 1. The van der Waals surface area contributed by atoms with E-state index in [4.69, 9.17) is 10.5 Å². The lowest BCUT2D eigenvalue weighted by Crippen LogP contribution is -2.47. The standard InChI is InChI=1S/C16H23N3O4/c1-11(16(22)23-10-12-6-4-3-5-7-12)19-15(21)13(17)8-9-14(20)18-2/h3-7,11,13H,8-10,17H2,1-2H3,(H,18,20)(H,19,21). The zero-order valence-electron chi connectivity index (χ0n) is 13.4. The molecule has 2 amide bonds. The maximum atomic E-state index is 11.9. The Kier molecular flexibility index (Phi) is 7.76. The van der Waals surface area contributed by atoms with E-state index in [0.29, 0.717) is 0 Å². The minimum absolute atomic E-state index is 0.141. The third-order valence-corrected chi connectivity index (χ3v) is 3.23. The summed E-state index contributed by atoms with van der Waals surface area (Å²) in [5, 5.41) is 4.94. The molecule has 0 fully saturated rings. The number of hydrogen-bond acceptors (Lipinski definition) is 5. The topological polar surface area (TPSA) is 111 Å². The molecule has 1 aromatic carbocycles. The molecule has 0 bridgehead atoms. The Hall–Kier alpha value is -2.41. The number of nitrogens with one attached hydrogen (secondary N) is 2. The van der Waals surface area contributed by atoms with Crippen LogP contribution in [0.25, 0.3) is 0 Å². The van der Waals surface area contributed by atoms with E-state index < -0.39 is 24.0 Å². The van der Waals surface area contributed by atoms with E-state index >= 15 is 0 Å². The van der Waals surface area contributed by atoms with Crippen molar-refractivity contribution in [3.63, 3.8) is 0 Å². The summed E-state index contributed by atoms with van der Waals surface area (Å²) in [6.45, 7) is 1.67. The van der Waals surface area contributed by atoms with Crippen LogP contribution in [0, 0.1) is 0 Å². The predicted molar refractivity (Wildman–Crippen MR) is 85.1 cm³/mol. The number of carbonyl (C=O) groups excluding carboxylic acids is 3. The normalized spacial score (nSPS) is 12.8. The number of rotatable bonds is 8. The Labute approximate surface area is 135 Å². The molecule has 7 nitrogen and oxygen atoms in total. The summed E-state index contributed by atoms with van der Waals surface area (Å²) in [5.74, 6) is -1.22. The van der Waals surface area contributed by atoms with E-state index in [2.05, 4.69) is 10.6 Å². The van der Waals surface area contributed by atoms with Crippen molar-refractivity contribution in [3.05, 3.63) is 35.9 Å². The Morgan fingerprint density at radius 3 is 2.48 bits per heavy atom. The second kappa shape index (κ2) is 9.58. The van der Waals surface area contributed by atoms with Crippen LogP contribution in [0.15, 0.2) is 30.3 Å². The Bertz CT molecular complexity index is 533. The van der Waals surface area contributed by atoms with Gasteiger partial charge in [-0.2, -0.15) is 0 Å². The molecule has 4 N–H and O–H groups in total. The van der Waals surface area contributed by atoms with Crippen LogP contribution in [0.5, 0.6) is 0 Å². The van der Waals surface area contributed by atoms with Crippen molar-refractivity contribution < 1.29 is 19.1 Å². The highest BCUT2D eigenvalue weighted by Crippen LogP contribution is 2.02. The van der Waals surface area contributed by atoms with Gasteiger partial charge in [0.05, 0.1) is 6.04 Å². The first kappa shape index (κ1) is 18.6. The van der Waals surface area contributed by atoms with Gasteiger partial charge in [0.15, 0.2) is 0 Å². The van der Waals surface area contributed by atoms with E-state index in [9.17, 15) is 14.4 Å². The van der Waals surface area contributed by atoms with Crippen molar-refractivity contribution >= 4 is 17.8 Å². The molecule has 1 aromatic rings. The smallest absolute Gasteiger partial charge is 0.328 e. The van der Waals surface area contributed by atoms with Crippen molar-refractivity contribution in [1.82, 2.24) is 10.6 Å². The highest BCUT2D eigenvalue weighted by atomic mass is 16.5. The minimum atomic E-state index is -0.850. The Morgan fingerprint density at radius 2 is 1.87 bits per heavy atom. The number of hydrogen-bond donors (Lipinski definition) is 3. The number of nitrogens with two attached hydrogens (primary N) is 1. The number of amides is 2. The van der Waals surface area contributed by atoms with E-state index in [1.54, 1.807) is 0 Å². The zero-order chi connectivity index (χ0) is 17.2. The van der Waals surface area contributed by atoms with E-state index in [0.717, 1.165) is 5.56 Å². The molecule has 0 spiro atoms. The summed E-state index contributed by atoms with van der Waals surface area (Å²) < 4.78 is 5.13. The SMILES string of the molecule is CNC(=O)CCC(N)C(=O)NC(C)C(=O)OCc1ccccc1. The quantitative estimate of drug-likeness (QED) is 0.588. The van der Waals surface area contributed by atoms with Gasteiger partial charge >= 0.3 is 5.97 Å². The fourth-order valence-electron chi connectivity index (χ4n) is 1.78. The second-order valence-electron chi connectivity index (χ2n) is 5.14. The first-order valence-corrected chi connectivity index (χ1v) is 7.41. The van der Waals surface area contributed by atoms with Gasteiger partial charge in [0.25, 0.3) is 0 Å². The van der Waals surface area contributed by atoms with Crippen molar-refractivity contribution in [2.45, 2.75) is 38.5 Å². The number of esters is 1. The molecule has 23 heavy (non-hydrogen) atoms. The summed E-state index contributed by atoms with van der Waals surface area (Å²) >= 11 is 0. The summed E-state index contributed by atoms with van der Waals surface area (Å²) in [6.07, 6.45) is 0.356. The third-order valence-electron chi connectivity index (χ3n) is 3.23. The fraction of sp³-hybridized carbons (Fsp3) is 0.438. The Balaban J connectivity index is 2.35.